The summed E-state index contributed by atoms with van der Waals surface area (Å²) in [7, 11) is 3.58. The fourth-order valence-corrected chi connectivity index (χ4v) is 5.72. The summed E-state index contributed by atoms with van der Waals surface area (Å²) in [5.74, 6) is -4.02. The Balaban J connectivity index is 1.46. The van der Waals surface area contributed by atoms with Gasteiger partial charge in [0.1, 0.15) is 5.65 Å². The predicted molar refractivity (Wildman–Crippen MR) is 119 cm³/mol. The molecule has 1 aromatic carbocycles. The normalized spacial score (nSPS) is 19.5. The van der Waals surface area contributed by atoms with E-state index in [1.54, 1.807) is 17.9 Å². The lowest BCUT2D eigenvalue weighted by Gasteiger charge is -2.45. The monoisotopic (exact) mass is 465 g/mol. The van der Waals surface area contributed by atoms with E-state index in [-0.39, 0.29) is 23.6 Å². The molecule has 1 saturated heterocycles. The van der Waals surface area contributed by atoms with Crippen LogP contribution in [0.1, 0.15) is 46.9 Å². The Kier molecular flexibility index (Phi) is 4.59. The number of fused-ring (bicyclic) bond motifs is 5. The number of hydrogen-bond acceptors (Lipinski definition) is 3. The number of hydrogen-bond donors (Lipinski definition) is 0. The first-order valence-electron chi connectivity index (χ1n) is 11.3. The van der Waals surface area contributed by atoms with Crippen molar-refractivity contribution < 1.29 is 18.0 Å². The number of piperidine rings is 1. The number of amides is 1. The fraction of sp³-hybridized carbons (Fsp3) is 0.320. The van der Waals surface area contributed by atoms with Crippen molar-refractivity contribution in [2.75, 3.05) is 0 Å². The van der Waals surface area contributed by atoms with Crippen molar-refractivity contribution in [2.24, 2.45) is 14.1 Å². The number of carbonyl (C=O) groups is 1. The van der Waals surface area contributed by atoms with E-state index in [1.807, 2.05) is 34.8 Å². The van der Waals surface area contributed by atoms with Crippen LogP contribution in [0, 0.1) is 17.5 Å². The number of pyridine rings is 1. The van der Waals surface area contributed by atoms with Gasteiger partial charge in [-0.1, -0.05) is 0 Å². The predicted octanol–water partition coefficient (Wildman–Crippen LogP) is 4.68. The van der Waals surface area contributed by atoms with Gasteiger partial charge in [0, 0.05) is 49.0 Å². The fourth-order valence-electron chi connectivity index (χ4n) is 5.72. The lowest BCUT2D eigenvalue weighted by Crippen LogP contribution is -2.49. The maximum atomic E-state index is 14.0. The highest BCUT2D eigenvalue weighted by Gasteiger charge is 2.44. The van der Waals surface area contributed by atoms with Gasteiger partial charge in [-0.2, -0.15) is 5.10 Å². The Hall–Kier alpha value is -3.62. The van der Waals surface area contributed by atoms with Crippen LogP contribution in [0.4, 0.5) is 13.2 Å². The molecule has 0 saturated carbocycles. The molecule has 0 unspecified atom stereocenters. The van der Waals surface area contributed by atoms with Gasteiger partial charge in [-0.15, -0.1) is 0 Å². The molecule has 1 fully saturated rings. The third-order valence-electron chi connectivity index (χ3n) is 7.13. The number of benzene rings is 1. The van der Waals surface area contributed by atoms with Crippen molar-refractivity contribution in [1.82, 2.24) is 24.2 Å². The van der Waals surface area contributed by atoms with Crippen molar-refractivity contribution in [1.29, 1.82) is 0 Å². The van der Waals surface area contributed by atoms with Crippen LogP contribution in [0.2, 0.25) is 0 Å². The SMILES string of the molecule is Cn1nc2c(c1-c1cc(F)c(F)c(F)c1)C[C@@H]1CCC[C@H]2N1C(=O)c1cn(C)c2ncccc12. The standard InChI is InChI=1S/C25H22F3N5O/c1-31-12-17(15-6-4-8-29-24(15)31)25(34)33-14-5-3-7-20(33)22-16(11-14)23(32(2)30-22)13-9-18(26)21(28)19(27)10-13/h4,6,8-10,12,14,20H,3,5,7,11H2,1-2H3/t14-,20+/m0/s1. The summed E-state index contributed by atoms with van der Waals surface area (Å²) in [6, 6.07) is 5.43. The van der Waals surface area contributed by atoms with E-state index in [0.717, 1.165) is 53.7 Å². The molecular weight excluding hydrogens is 443 g/mol. The minimum absolute atomic E-state index is 0.0648. The molecule has 0 N–H and O–H groups in total. The number of aromatic nitrogens is 4. The van der Waals surface area contributed by atoms with Gasteiger partial charge < -0.3 is 9.47 Å². The highest BCUT2D eigenvalue weighted by Crippen LogP contribution is 2.45. The molecule has 2 aliphatic rings. The van der Waals surface area contributed by atoms with E-state index in [9.17, 15) is 18.0 Å². The van der Waals surface area contributed by atoms with Gasteiger partial charge >= 0.3 is 0 Å². The molecule has 3 aromatic heterocycles. The first-order chi connectivity index (χ1) is 16.3. The van der Waals surface area contributed by atoms with Crippen molar-refractivity contribution in [3.63, 3.8) is 0 Å². The van der Waals surface area contributed by atoms with Crippen LogP contribution in [0.5, 0.6) is 0 Å². The molecule has 4 aromatic rings. The summed E-state index contributed by atoms with van der Waals surface area (Å²) in [6.07, 6.45) is 6.58. The van der Waals surface area contributed by atoms with Crippen LogP contribution >= 0.6 is 0 Å². The van der Waals surface area contributed by atoms with Crippen LogP contribution in [-0.2, 0) is 20.5 Å². The summed E-state index contributed by atoms with van der Waals surface area (Å²) < 4.78 is 45.0. The van der Waals surface area contributed by atoms with Gasteiger partial charge in [-0.05, 0) is 49.9 Å². The first kappa shape index (κ1) is 20.9. The van der Waals surface area contributed by atoms with Crippen molar-refractivity contribution in [2.45, 2.75) is 37.8 Å². The second-order valence-corrected chi connectivity index (χ2v) is 9.14. The number of nitrogens with zero attached hydrogens (tertiary/aromatic N) is 5. The van der Waals surface area contributed by atoms with Crippen LogP contribution in [0.15, 0.2) is 36.7 Å². The second-order valence-electron chi connectivity index (χ2n) is 9.14. The largest absolute Gasteiger partial charge is 0.335 e. The molecule has 1 amide bonds. The summed E-state index contributed by atoms with van der Waals surface area (Å²) in [5, 5.41) is 5.49. The molecular formula is C25H22F3N5O. The van der Waals surface area contributed by atoms with E-state index in [0.29, 0.717) is 17.7 Å². The lowest BCUT2D eigenvalue weighted by atomic mass is 9.81. The highest BCUT2D eigenvalue weighted by atomic mass is 19.2. The smallest absolute Gasteiger partial charge is 0.256 e. The molecule has 9 heteroatoms. The van der Waals surface area contributed by atoms with Crippen molar-refractivity contribution in [3.8, 4) is 11.3 Å². The minimum Gasteiger partial charge on any atom is -0.335 e. The number of aryl methyl sites for hydroxylation is 2. The molecule has 34 heavy (non-hydrogen) atoms. The highest BCUT2D eigenvalue weighted by molar-refractivity contribution is 6.06. The van der Waals surface area contributed by atoms with Crippen LogP contribution < -0.4 is 0 Å². The van der Waals surface area contributed by atoms with Crippen molar-refractivity contribution in [3.05, 3.63) is 70.9 Å². The van der Waals surface area contributed by atoms with Crippen LogP contribution in [-0.4, -0.2) is 36.2 Å². The molecule has 174 valence electrons. The summed E-state index contributed by atoms with van der Waals surface area (Å²) in [4.78, 5) is 20.2. The van der Waals surface area contributed by atoms with E-state index >= 15 is 0 Å². The quantitative estimate of drug-likeness (QED) is 0.404. The van der Waals surface area contributed by atoms with E-state index in [4.69, 9.17) is 5.10 Å². The summed E-state index contributed by atoms with van der Waals surface area (Å²) in [5.41, 5.74) is 3.76. The Labute approximate surface area is 193 Å². The first-order valence-corrected chi connectivity index (χ1v) is 11.3. The Morgan fingerprint density at radius 3 is 2.65 bits per heavy atom. The van der Waals surface area contributed by atoms with Crippen molar-refractivity contribution >= 4 is 16.9 Å². The van der Waals surface area contributed by atoms with E-state index in [1.165, 1.54) is 0 Å². The Morgan fingerprint density at radius 1 is 1.12 bits per heavy atom. The van der Waals surface area contributed by atoms with Gasteiger partial charge in [0.2, 0.25) is 0 Å². The number of halogens is 3. The maximum Gasteiger partial charge on any atom is 0.256 e. The zero-order valence-corrected chi connectivity index (χ0v) is 18.7. The van der Waals surface area contributed by atoms with Gasteiger partial charge in [0.05, 0.1) is 23.0 Å². The van der Waals surface area contributed by atoms with Gasteiger partial charge in [-0.25, -0.2) is 18.2 Å². The molecule has 5 heterocycles. The molecule has 6 rings (SSSR count). The third kappa shape index (κ3) is 2.92. The van der Waals surface area contributed by atoms with E-state index in [2.05, 4.69) is 4.98 Å². The van der Waals surface area contributed by atoms with Gasteiger partial charge in [0.15, 0.2) is 17.5 Å². The van der Waals surface area contributed by atoms with Crippen LogP contribution in [0.3, 0.4) is 0 Å². The van der Waals surface area contributed by atoms with Gasteiger partial charge in [0.25, 0.3) is 5.91 Å². The zero-order chi connectivity index (χ0) is 23.7. The van der Waals surface area contributed by atoms with Crippen LogP contribution in [0.25, 0.3) is 22.3 Å². The average molecular weight is 465 g/mol. The Bertz CT molecular complexity index is 1450. The second kappa shape index (κ2) is 7.44. The zero-order valence-electron chi connectivity index (χ0n) is 18.7. The number of carbonyl (C=O) groups excluding carboxylic acids is 1. The molecule has 2 bridgehead atoms. The Morgan fingerprint density at radius 2 is 1.88 bits per heavy atom. The molecule has 6 nitrogen and oxygen atoms in total. The molecule has 0 spiro atoms. The molecule has 2 aliphatic heterocycles. The van der Waals surface area contributed by atoms with E-state index < -0.39 is 17.5 Å². The molecule has 2 atom stereocenters. The van der Waals surface area contributed by atoms with Gasteiger partial charge in [-0.3, -0.25) is 9.48 Å². The summed E-state index contributed by atoms with van der Waals surface area (Å²) in [6.45, 7) is 0. The third-order valence-corrected chi connectivity index (χ3v) is 7.13. The lowest BCUT2D eigenvalue weighted by molar-refractivity contribution is 0.0393. The topological polar surface area (TPSA) is 56.0 Å². The summed E-state index contributed by atoms with van der Waals surface area (Å²) >= 11 is 0. The average Bonchev–Trinajstić information content (AvgIpc) is 3.33. The molecule has 0 radical (unpaired) electrons. The maximum absolute atomic E-state index is 14.0. The minimum atomic E-state index is -1.49. The molecule has 0 aliphatic carbocycles. The number of rotatable bonds is 2.